The standard InChI is InChI=1S/C30H33NO8/c1-6-38-29(34)24-16(3)31-21-15-20(17-9-8-10-19(13-17)36-4)26(30(35)39-7-2)28(33)27(21)25(24)18-11-12-22(32)23(14-18)37-5/h8-14,20,25-26,31-32H,6-7,15H2,1-5H3/t20-,25+,26+/m0/s1. The third-order valence-corrected chi connectivity index (χ3v) is 7.11. The number of Topliss-reactive ketones (excluding diaryl/α,β-unsaturated/α-hetero) is 1. The Morgan fingerprint density at radius 2 is 1.74 bits per heavy atom. The number of methoxy groups -OCH3 is 2. The van der Waals surface area contributed by atoms with Gasteiger partial charge < -0.3 is 29.4 Å². The Balaban J connectivity index is 1.93. The quantitative estimate of drug-likeness (QED) is 0.380. The van der Waals surface area contributed by atoms with Crippen molar-refractivity contribution in [2.75, 3.05) is 27.4 Å². The van der Waals surface area contributed by atoms with E-state index in [1.807, 2.05) is 18.2 Å². The van der Waals surface area contributed by atoms with E-state index < -0.39 is 35.5 Å². The van der Waals surface area contributed by atoms with Crippen molar-refractivity contribution < 1.29 is 38.4 Å². The second-order valence-corrected chi connectivity index (χ2v) is 9.32. The molecule has 1 heterocycles. The van der Waals surface area contributed by atoms with Gasteiger partial charge in [-0.2, -0.15) is 0 Å². The summed E-state index contributed by atoms with van der Waals surface area (Å²) in [5.74, 6) is -3.46. The molecule has 2 aliphatic rings. The topological polar surface area (TPSA) is 120 Å². The smallest absolute Gasteiger partial charge is 0.336 e. The van der Waals surface area contributed by atoms with Crippen LogP contribution in [0.25, 0.3) is 0 Å². The highest BCUT2D eigenvalue weighted by Gasteiger charge is 2.49. The van der Waals surface area contributed by atoms with Gasteiger partial charge in [-0.05, 0) is 62.6 Å². The van der Waals surface area contributed by atoms with E-state index in [-0.39, 0.29) is 35.9 Å². The molecule has 2 aromatic rings. The predicted octanol–water partition coefficient (Wildman–Crippen LogP) is 4.12. The van der Waals surface area contributed by atoms with Crippen molar-refractivity contribution in [1.82, 2.24) is 5.32 Å². The molecular weight excluding hydrogens is 502 g/mol. The van der Waals surface area contributed by atoms with Crippen molar-refractivity contribution in [1.29, 1.82) is 0 Å². The van der Waals surface area contributed by atoms with Crippen LogP contribution in [0, 0.1) is 5.92 Å². The zero-order valence-electron chi connectivity index (χ0n) is 22.7. The number of aromatic hydroxyl groups is 1. The van der Waals surface area contributed by atoms with Gasteiger partial charge >= 0.3 is 11.9 Å². The Labute approximate surface area is 227 Å². The maximum atomic E-state index is 14.4. The Hall–Kier alpha value is -4.27. The first-order valence-corrected chi connectivity index (χ1v) is 12.8. The van der Waals surface area contributed by atoms with E-state index in [1.54, 1.807) is 46.1 Å². The molecule has 9 heteroatoms. The van der Waals surface area contributed by atoms with E-state index in [4.69, 9.17) is 18.9 Å². The molecule has 39 heavy (non-hydrogen) atoms. The lowest BCUT2D eigenvalue weighted by atomic mass is 9.67. The first-order chi connectivity index (χ1) is 18.7. The second-order valence-electron chi connectivity index (χ2n) is 9.32. The van der Waals surface area contributed by atoms with E-state index in [2.05, 4.69) is 5.32 Å². The number of hydrogen-bond acceptors (Lipinski definition) is 9. The zero-order valence-corrected chi connectivity index (χ0v) is 22.7. The number of rotatable bonds is 8. The SMILES string of the molecule is CCOC(=O)C1=C(C)NC2=C(C(=O)[C@H](C(=O)OCC)[C@H](c3cccc(OC)c3)C2)[C@@H]1c1ccc(O)c(OC)c1. The minimum atomic E-state index is -1.14. The zero-order chi connectivity index (χ0) is 28.3. The molecule has 3 atom stereocenters. The third-order valence-electron chi connectivity index (χ3n) is 7.11. The molecule has 0 spiro atoms. The summed E-state index contributed by atoms with van der Waals surface area (Å²) >= 11 is 0. The molecule has 0 radical (unpaired) electrons. The molecular formula is C30H33NO8. The van der Waals surface area contributed by atoms with Crippen molar-refractivity contribution in [3.63, 3.8) is 0 Å². The Morgan fingerprint density at radius 3 is 2.41 bits per heavy atom. The number of benzene rings is 2. The number of hydrogen-bond donors (Lipinski definition) is 2. The van der Waals surface area contributed by atoms with Crippen molar-refractivity contribution in [3.8, 4) is 17.2 Å². The lowest BCUT2D eigenvalue weighted by Crippen LogP contribution is -2.43. The summed E-state index contributed by atoms with van der Waals surface area (Å²) in [7, 11) is 2.97. The average molecular weight is 536 g/mol. The van der Waals surface area contributed by atoms with Crippen molar-refractivity contribution in [3.05, 3.63) is 76.1 Å². The van der Waals surface area contributed by atoms with E-state index >= 15 is 0 Å². The maximum Gasteiger partial charge on any atom is 0.336 e. The van der Waals surface area contributed by atoms with E-state index in [1.165, 1.54) is 13.2 Å². The number of nitrogens with one attached hydrogen (secondary N) is 1. The van der Waals surface area contributed by atoms with Crippen LogP contribution in [0.15, 0.2) is 65.0 Å². The molecule has 0 saturated carbocycles. The summed E-state index contributed by atoms with van der Waals surface area (Å²) in [6.45, 7) is 5.40. The molecule has 0 aromatic heterocycles. The van der Waals surface area contributed by atoms with Crippen LogP contribution < -0.4 is 14.8 Å². The third kappa shape index (κ3) is 5.21. The number of carbonyl (C=O) groups is 3. The van der Waals surface area contributed by atoms with Gasteiger partial charge in [0.05, 0.1) is 33.0 Å². The molecule has 4 rings (SSSR count). The van der Waals surface area contributed by atoms with Crippen LogP contribution in [0.3, 0.4) is 0 Å². The normalized spacial score (nSPS) is 20.6. The molecule has 2 N–H and O–H groups in total. The van der Waals surface area contributed by atoms with Gasteiger partial charge in [0.25, 0.3) is 0 Å². The molecule has 0 saturated heterocycles. The van der Waals surface area contributed by atoms with Gasteiger partial charge in [0, 0.05) is 28.8 Å². The van der Waals surface area contributed by atoms with E-state index in [0.29, 0.717) is 29.1 Å². The van der Waals surface area contributed by atoms with Crippen molar-refractivity contribution >= 4 is 17.7 Å². The lowest BCUT2D eigenvalue weighted by molar-refractivity contribution is -0.152. The number of phenolic OH excluding ortho intramolecular Hbond substituents is 1. The van der Waals surface area contributed by atoms with Gasteiger partial charge in [-0.25, -0.2) is 4.79 Å². The monoisotopic (exact) mass is 535 g/mol. The van der Waals surface area contributed by atoms with Gasteiger partial charge in [-0.15, -0.1) is 0 Å². The summed E-state index contributed by atoms with van der Waals surface area (Å²) < 4.78 is 21.4. The first-order valence-electron chi connectivity index (χ1n) is 12.8. The predicted molar refractivity (Wildman–Crippen MR) is 142 cm³/mol. The molecule has 0 fully saturated rings. The molecule has 2 aromatic carbocycles. The number of ketones is 1. The average Bonchev–Trinajstić information content (AvgIpc) is 2.92. The van der Waals surface area contributed by atoms with Crippen molar-refractivity contribution in [2.24, 2.45) is 5.92 Å². The van der Waals surface area contributed by atoms with Crippen LogP contribution >= 0.6 is 0 Å². The van der Waals surface area contributed by atoms with Crippen LogP contribution in [0.5, 0.6) is 17.2 Å². The Morgan fingerprint density at radius 1 is 1.00 bits per heavy atom. The van der Waals surface area contributed by atoms with Crippen molar-refractivity contribution in [2.45, 2.75) is 39.0 Å². The minimum absolute atomic E-state index is 0.0831. The highest BCUT2D eigenvalue weighted by Crippen LogP contribution is 2.49. The Kier molecular flexibility index (Phi) is 8.28. The molecule has 1 aliphatic heterocycles. The number of carbonyl (C=O) groups excluding carboxylic acids is 3. The highest BCUT2D eigenvalue weighted by atomic mass is 16.5. The van der Waals surface area contributed by atoms with Gasteiger partial charge in [0.2, 0.25) is 0 Å². The summed E-state index contributed by atoms with van der Waals surface area (Å²) in [4.78, 5) is 40.9. The highest BCUT2D eigenvalue weighted by molar-refractivity contribution is 6.13. The van der Waals surface area contributed by atoms with Crippen LogP contribution in [0.2, 0.25) is 0 Å². The number of allylic oxidation sites excluding steroid dienone is 3. The fraction of sp³-hybridized carbons (Fsp3) is 0.367. The first kappa shape index (κ1) is 27.8. The molecule has 9 nitrogen and oxygen atoms in total. The fourth-order valence-electron chi connectivity index (χ4n) is 5.41. The molecule has 1 aliphatic carbocycles. The summed E-state index contributed by atoms with van der Waals surface area (Å²) in [5.41, 5.74) is 2.98. The number of ether oxygens (including phenoxy) is 4. The summed E-state index contributed by atoms with van der Waals surface area (Å²) in [6, 6.07) is 11.9. The summed E-state index contributed by atoms with van der Waals surface area (Å²) in [5, 5.41) is 13.5. The molecule has 206 valence electrons. The number of phenols is 1. The summed E-state index contributed by atoms with van der Waals surface area (Å²) in [6.07, 6.45) is 0.316. The van der Waals surface area contributed by atoms with Crippen LogP contribution in [-0.2, 0) is 23.9 Å². The Bertz CT molecular complexity index is 1360. The number of esters is 2. The van der Waals surface area contributed by atoms with Gasteiger partial charge in [-0.1, -0.05) is 18.2 Å². The maximum absolute atomic E-state index is 14.4. The largest absolute Gasteiger partial charge is 0.504 e. The minimum Gasteiger partial charge on any atom is -0.504 e. The van der Waals surface area contributed by atoms with Crippen LogP contribution in [0.4, 0.5) is 0 Å². The van der Waals surface area contributed by atoms with E-state index in [9.17, 15) is 19.5 Å². The van der Waals surface area contributed by atoms with Gasteiger partial charge in [0.15, 0.2) is 17.3 Å². The number of dihydropyridines is 1. The molecule has 0 unspecified atom stereocenters. The lowest BCUT2D eigenvalue weighted by Gasteiger charge is -2.39. The van der Waals surface area contributed by atoms with Gasteiger partial charge in [-0.3, -0.25) is 9.59 Å². The van der Waals surface area contributed by atoms with Gasteiger partial charge in [0.1, 0.15) is 11.7 Å². The fourth-order valence-corrected chi connectivity index (χ4v) is 5.41. The molecule has 0 amide bonds. The van der Waals surface area contributed by atoms with Crippen LogP contribution in [0.1, 0.15) is 50.2 Å². The van der Waals surface area contributed by atoms with Crippen LogP contribution in [-0.4, -0.2) is 50.3 Å². The van der Waals surface area contributed by atoms with E-state index in [0.717, 1.165) is 5.56 Å². The molecule has 0 bridgehead atoms. The second kappa shape index (κ2) is 11.6.